The lowest BCUT2D eigenvalue weighted by Gasteiger charge is -2.15. The summed E-state index contributed by atoms with van der Waals surface area (Å²) in [6, 6.07) is 9.31. The fourth-order valence-corrected chi connectivity index (χ4v) is 4.74. The highest BCUT2D eigenvalue weighted by Gasteiger charge is 2.24. The standard InChI is InChI=1S/C16H15ClN2O5S2/c1-19(26(23,24)16-9-7-13(17)25-16)10-14(20)18-12-5-2-11(3-6-12)4-8-15(21)22/h2-9H,10H2,1H3,(H,18,20)(H,21,22). The highest BCUT2D eigenvalue weighted by atomic mass is 35.5. The van der Waals surface area contributed by atoms with Crippen LogP contribution < -0.4 is 5.32 Å². The number of rotatable bonds is 7. The fourth-order valence-electron chi connectivity index (χ4n) is 1.92. The molecule has 26 heavy (non-hydrogen) atoms. The Labute approximate surface area is 159 Å². The van der Waals surface area contributed by atoms with E-state index in [4.69, 9.17) is 16.7 Å². The van der Waals surface area contributed by atoms with Crippen molar-refractivity contribution in [3.63, 3.8) is 0 Å². The molecule has 2 rings (SSSR count). The number of amides is 1. The van der Waals surface area contributed by atoms with E-state index in [9.17, 15) is 18.0 Å². The van der Waals surface area contributed by atoms with Crippen molar-refractivity contribution in [2.75, 3.05) is 18.9 Å². The van der Waals surface area contributed by atoms with Gasteiger partial charge in [0.15, 0.2) is 0 Å². The molecule has 0 aliphatic rings. The number of carbonyl (C=O) groups excluding carboxylic acids is 1. The lowest BCUT2D eigenvalue weighted by molar-refractivity contribution is -0.131. The largest absolute Gasteiger partial charge is 0.478 e. The lowest BCUT2D eigenvalue weighted by atomic mass is 10.2. The molecule has 0 saturated heterocycles. The summed E-state index contributed by atoms with van der Waals surface area (Å²) in [5.41, 5.74) is 1.12. The van der Waals surface area contributed by atoms with Crippen LogP contribution in [0.3, 0.4) is 0 Å². The molecule has 0 aliphatic heterocycles. The number of nitrogens with one attached hydrogen (secondary N) is 1. The van der Waals surface area contributed by atoms with Gasteiger partial charge in [0.1, 0.15) is 4.21 Å². The molecule has 1 aromatic carbocycles. The predicted octanol–water partition coefficient (Wildman–Crippen LogP) is 2.76. The number of hydrogen-bond acceptors (Lipinski definition) is 5. The molecule has 0 unspecified atom stereocenters. The Morgan fingerprint density at radius 3 is 2.42 bits per heavy atom. The Hall–Kier alpha value is -2.20. The van der Waals surface area contributed by atoms with Gasteiger partial charge in [-0.1, -0.05) is 23.7 Å². The van der Waals surface area contributed by atoms with Crippen molar-refractivity contribution in [1.82, 2.24) is 4.31 Å². The molecule has 1 aromatic heterocycles. The van der Waals surface area contributed by atoms with E-state index in [1.807, 2.05) is 0 Å². The van der Waals surface area contributed by atoms with E-state index in [-0.39, 0.29) is 10.8 Å². The topological polar surface area (TPSA) is 104 Å². The van der Waals surface area contributed by atoms with Gasteiger partial charge in [-0.3, -0.25) is 4.79 Å². The molecule has 0 saturated carbocycles. The van der Waals surface area contributed by atoms with E-state index in [1.165, 1.54) is 25.3 Å². The first-order valence-electron chi connectivity index (χ1n) is 7.21. The zero-order chi connectivity index (χ0) is 19.3. The second kappa shape index (κ2) is 8.45. The van der Waals surface area contributed by atoms with Crippen LogP contribution in [0.5, 0.6) is 0 Å². The quantitative estimate of drug-likeness (QED) is 0.678. The lowest BCUT2D eigenvalue weighted by Crippen LogP contribution is -2.34. The predicted molar refractivity (Wildman–Crippen MR) is 101 cm³/mol. The van der Waals surface area contributed by atoms with Gasteiger partial charge in [0.2, 0.25) is 5.91 Å². The molecule has 0 atom stereocenters. The van der Waals surface area contributed by atoms with Gasteiger partial charge in [-0.15, -0.1) is 11.3 Å². The van der Waals surface area contributed by atoms with Gasteiger partial charge in [0, 0.05) is 18.8 Å². The van der Waals surface area contributed by atoms with Crippen molar-refractivity contribution >= 4 is 56.6 Å². The Bertz CT molecular complexity index is 936. The zero-order valence-corrected chi connectivity index (χ0v) is 15.9. The van der Waals surface area contributed by atoms with E-state index in [2.05, 4.69) is 5.32 Å². The molecule has 2 N–H and O–H groups in total. The number of likely N-dealkylation sites (N-methyl/N-ethyl adjacent to an activating group) is 1. The maximum absolute atomic E-state index is 12.3. The van der Waals surface area contributed by atoms with Gasteiger partial charge in [-0.2, -0.15) is 4.31 Å². The summed E-state index contributed by atoms with van der Waals surface area (Å²) in [5.74, 6) is -1.56. The van der Waals surface area contributed by atoms with E-state index in [1.54, 1.807) is 24.3 Å². The molecule has 1 heterocycles. The first-order chi connectivity index (χ1) is 12.2. The van der Waals surface area contributed by atoms with Crippen molar-refractivity contribution in [2.45, 2.75) is 4.21 Å². The number of thiophene rings is 1. The molecule has 2 aromatic rings. The summed E-state index contributed by atoms with van der Waals surface area (Å²) in [6.07, 6.45) is 2.42. The van der Waals surface area contributed by atoms with Crippen LogP contribution in [0.15, 0.2) is 46.7 Å². The van der Waals surface area contributed by atoms with Crippen LogP contribution in [0.25, 0.3) is 6.08 Å². The van der Waals surface area contributed by atoms with Crippen molar-refractivity contribution < 1.29 is 23.1 Å². The molecular weight excluding hydrogens is 400 g/mol. The highest BCUT2D eigenvalue weighted by Crippen LogP contribution is 2.27. The minimum Gasteiger partial charge on any atom is -0.478 e. The smallest absolute Gasteiger partial charge is 0.328 e. The van der Waals surface area contributed by atoms with Gasteiger partial charge >= 0.3 is 5.97 Å². The first kappa shape index (κ1) is 20.1. The van der Waals surface area contributed by atoms with Crippen LogP contribution in [0.2, 0.25) is 4.34 Å². The van der Waals surface area contributed by atoms with Gasteiger partial charge < -0.3 is 10.4 Å². The third-order valence-corrected chi connectivity index (χ3v) is 6.69. The van der Waals surface area contributed by atoms with Crippen LogP contribution in [-0.4, -0.2) is 43.3 Å². The molecular formula is C16H15ClN2O5S2. The monoisotopic (exact) mass is 414 g/mol. The molecule has 0 aliphatic carbocycles. The van der Waals surface area contributed by atoms with E-state index >= 15 is 0 Å². The average molecular weight is 415 g/mol. The number of sulfonamides is 1. The molecule has 7 nitrogen and oxygen atoms in total. The molecule has 0 bridgehead atoms. The Morgan fingerprint density at radius 1 is 1.23 bits per heavy atom. The third-order valence-electron chi connectivity index (χ3n) is 3.19. The van der Waals surface area contributed by atoms with Crippen LogP contribution in [0.4, 0.5) is 5.69 Å². The number of carboxylic acids is 1. The van der Waals surface area contributed by atoms with Crippen molar-refractivity contribution in [3.8, 4) is 0 Å². The Kier molecular flexibility index (Phi) is 6.54. The van der Waals surface area contributed by atoms with Gasteiger partial charge in [0.05, 0.1) is 10.9 Å². The van der Waals surface area contributed by atoms with Crippen molar-refractivity contribution in [1.29, 1.82) is 0 Å². The number of carboxylic acid groups (broad SMARTS) is 1. The van der Waals surface area contributed by atoms with Gasteiger partial charge in [-0.05, 0) is 35.9 Å². The number of hydrogen-bond donors (Lipinski definition) is 2. The number of benzene rings is 1. The summed E-state index contributed by atoms with van der Waals surface area (Å²) in [6.45, 7) is -0.363. The maximum atomic E-state index is 12.3. The van der Waals surface area contributed by atoms with E-state index in [0.29, 0.717) is 15.6 Å². The number of anilines is 1. The Balaban J connectivity index is 1.98. The molecule has 138 valence electrons. The normalized spacial score (nSPS) is 11.8. The summed E-state index contributed by atoms with van der Waals surface area (Å²) in [4.78, 5) is 22.5. The minimum atomic E-state index is -3.79. The molecule has 10 heteroatoms. The summed E-state index contributed by atoms with van der Waals surface area (Å²) in [7, 11) is -2.48. The number of carbonyl (C=O) groups is 2. The number of aliphatic carboxylic acids is 1. The number of nitrogens with zero attached hydrogens (tertiary/aromatic N) is 1. The van der Waals surface area contributed by atoms with Crippen LogP contribution in [0, 0.1) is 0 Å². The fraction of sp³-hybridized carbons (Fsp3) is 0.125. The zero-order valence-electron chi connectivity index (χ0n) is 13.5. The summed E-state index contributed by atoms with van der Waals surface area (Å²) < 4.78 is 26.0. The first-order valence-corrected chi connectivity index (χ1v) is 9.84. The van der Waals surface area contributed by atoms with Crippen LogP contribution in [-0.2, 0) is 19.6 Å². The van der Waals surface area contributed by atoms with E-state index in [0.717, 1.165) is 21.7 Å². The van der Waals surface area contributed by atoms with Gasteiger partial charge in [-0.25, -0.2) is 13.2 Å². The molecule has 0 spiro atoms. The third kappa shape index (κ3) is 5.40. The molecule has 0 radical (unpaired) electrons. The van der Waals surface area contributed by atoms with E-state index < -0.39 is 21.9 Å². The molecule has 1 amide bonds. The second-order valence-corrected chi connectivity index (χ2v) is 9.15. The average Bonchev–Trinajstić information content (AvgIpc) is 3.01. The van der Waals surface area contributed by atoms with Crippen LogP contribution >= 0.6 is 22.9 Å². The highest BCUT2D eigenvalue weighted by molar-refractivity contribution is 7.91. The summed E-state index contributed by atoms with van der Waals surface area (Å²) >= 11 is 6.67. The second-order valence-electron chi connectivity index (χ2n) is 5.16. The summed E-state index contributed by atoms with van der Waals surface area (Å²) in [5, 5.41) is 11.2. The Morgan fingerprint density at radius 2 is 1.88 bits per heavy atom. The number of halogens is 1. The van der Waals surface area contributed by atoms with Crippen LogP contribution in [0.1, 0.15) is 5.56 Å². The van der Waals surface area contributed by atoms with Crippen molar-refractivity contribution in [3.05, 3.63) is 52.4 Å². The maximum Gasteiger partial charge on any atom is 0.328 e. The molecule has 0 fully saturated rings. The van der Waals surface area contributed by atoms with Gasteiger partial charge in [0.25, 0.3) is 10.0 Å². The van der Waals surface area contributed by atoms with Crippen molar-refractivity contribution in [2.24, 2.45) is 0 Å². The minimum absolute atomic E-state index is 0.0624. The SMILES string of the molecule is CN(CC(=O)Nc1ccc(C=CC(=O)O)cc1)S(=O)(=O)c1ccc(Cl)s1.